The highest BCUT2D eigenvalue weighted by atomic mass is 16.3. The molecule has 270 valence electrons. The second kappa shape index (κ2) is 12.0. The average molecular weight is 735 g/mol. The second-order valence-corrected chi connectivity index (χ2v) is 14.9. The van der Waals surface area contributed by atoms with Crippen LogP contribution in [0.15, 0.2) is 179 Å². The molecule has 5 heterocycles. The summed E-state index contributed by atoms with van der Waals surface area (Å²) >= 11 is 0. The van der Waals surface area contributed by atoms with E-state index in [4.69, 9.17) is 13.8 Å². The Kier molecular flexibility index (Phi) is 6.66. The first kappa shape index (κ1) is 31.7. The SMILES string of the molecule is Cc1ccc2oc3c(-n4c5ccccc5c5ccccc54)cccc3c2c1.Cc1ccc2oc3c(-n4c5ccccc5n5c6ccccc6nc45)cccc3c2c1. The Balaban J connectivity index is 0.000000126. The maximum atomic E-state index is 6.38. The lowest BCUT2D eigenvalue weighted by Gasteiger charge is -2.08. The highest BCUT2D eigenvalue weighted by Crippen LogP contribution is 2.39. The van der Waals surface area contributed by atoms with Crippen molar-refractivity contribution in [1.29, 1.82) is 0 Å². The zero-order valence-corrected chi connectivity index (χ0v) is 31.3. The van der Waals surface area contributed by atoms with Crippen LogP contribution >= 0.6 is 0 Å². The largest absolute Gasteiger partial charge is 0.454 e. The van der Waals surface area contributed by atoms with Crippen LogP contribution in [-0.4, -0.2) is 18.5 Å². The van der Waals surface area contributed by atoms with E-state index in [1.807, 2.05) is 6.07 Å². The van der Waals surface area contributed by atoms with Gasteiger partial charge in [0.05, 0.1) is 44.5 Å². The summed E-state index contributed by atoms with van der Waals surface area (Å²) in [5, 5.41) is 7.13. The average Bonchev–Trinajstić information content (AvgIpc) is 4.05. The van der Waals surface area contributed by atoms with E-state index in [9.17, 15) is 0 Å². The van der Waals surface area contributed by atoms with Crippen molar-refractivity contribution in [2.24, 2.45) is 0 Å². The predicted octanol–water partition coefficient (Wildman–Crippen LogP) is 13.6. The molecule has 0 fully saturated rings. The van der Waals surface area contributed by atoms with Crippen LogP contribution < -0.4 is 0 Å². The standard InChI is InChI=1S/C26H17N3O.C25H17NO/c1-16-13-14-24-18(15-16)17-7-6-12-23(25(17)30-24)29-22-11-5-4-10-21(22)28-20-9-3-2-8-19(20)27-26(28)29;1-16-13-14-24-20(15-16)19-9-6-12-23(25(19)27-24)26-21-10-4-2-7-17(21)18-8-3-5-11-22(18)26/h2-15H,1H3;2-15H,1H3. The smallest absolute Gasteiger partial charge is 0.220 e. The number of rotatable bonds is 2. The van der Waals surface area contributed by atoms with Gasteiger partial charge in [-0.25, -0.2) is 4.98 Å². The van der Waals surface area contributed by atoms with E-state index in [0.29, 0.717) is 0 Å². The van der Waals surface area contributed by atoms with Crippen molar-refractivity contribution < 1.29 is 8.83 Å². The van der Waals surface area contributed by atoms with Crippen molar-refractivity contribution >= 4 is 93.5 Å². The van der Waals surface area contributed by atoms with E-state index in [2.05, 4.69) is 191 Å². The highest BCUT2D eigenvalue weighted by molar-refractivity contribution is 6.13. The Hall–Kier alpha value is -7.57. The molecule has 0 spiro atoms. The minimum absolute atomic E-state index is 0.883. The van der Waals surface area contributed by atoms with Crippen LogP contribution in [0.2, 0.25) is 0 Å². The molecule has 8 aromatic carbocycles. The molecule has 6 heteroatoms. The normalized spacial score (nSPS) is 12.0. The first-order valence-corrected chi connectivity index (χ1v) is 19.3. The lowest BCUT2D eigenvalue weighted by molar-refractivity contribution is 0.666. The molecule has 5 aromatic heterocycles. The number of nitrogens with zero attached hydrogens (tertiary/aromatic N) is 4. The van der Waals surface area contributed by atoms with Gasteiger partial charge in [0.1, 0.15) is 11.2 Å². The van der Waals surface area contributed by atoms with Gasteiger partial charge in [0.15, 0.2) is 11.2 Å². The number of aryl methyl sites for hydroxylation is 2. The van der Waals surface area contributed by atoms with E-state index < -0.39 is 0 Å². The molecule has 0 atom stereocenters. The molecule has 0 N–H and O–H groups in total. The molecule has 0 saturated heterocycles. The summed E-state index contributed by atoms with van der Waals surface area (Å²) in [6, 6.07) is 59.3. The number of benzene rings is 8. The molecule has 0 radical (unpaired) electrons. The summed E-state index contributed by atoms with van der Waals surface area (Å²) in [6.07, 6.45) is 0. The minimum Gasteiger partial charge on any atom is -0.454 e. The van der Waals surface area contributed by atoms with E-state index in [-0.39, 0.29) is 0 Å². The van der Waals surface area contributed by atoms with Gasteiger partial charge in [-0.05, 0) is 86.6 Å². The van der Waals surface area contributed by atoms with E-state index >= 15 is 0 Å². The molecule has 0 bridgehead atoms. The van der Waals surface area contributed by atoms with Gasteiger partial charge in [0.2, 0.25) is 5.78 Å². The third-order valence-corrected chi connectivity index (χ3v) is 11.4. The molecule has 0 aliphatic heterocycles. The van der Waals surface area contributed by atoms with Crippen molar-refractivity contribution in [2.75, 3.05) is 0 Å². The van der Waals surface area contributed by atoms with E-state index in [0.717, 1.165) is 77.7 Å². The molecule has 0 saturated carbocycles. The molecule has 0 unspecified atom stereocenters. The number of aromatic nitrogens is 4. The summed E-state index contributed by atoms with van der Waals surface area (Å²) in [5.41, 5.74) is 14.9. The van der Waals surface area contributed by atoms with Gasteiger partial charge in [0, 0.05) is 32.3 Å². The zero-order valence-electron chi connectivity index (χ0n) is 31.3. The minimum atomic E-state index is 0.883. The Morgan fingerprint density at radius 3 is 1.46 bits per heavy atom. The Labute approximate surface area is 326 Å². The molecule has 0 aliphatic rings. The lowest BCUT2D eigenvalue weighted by atomic mass is 10.1. The fraction of sp³-hybridized carbons (Fsp3) is 0.0392. The highest BCUT2D eigenvalue weighted by Gasteiger charge is 2.21. The summed E-state index contributed by atoms with van der Waals surface area (Å²) < 4.78 is 19.5. The topological polar surface area (TPSA) is 53.4 Å². The number of fused-ring (bicyclic) bond motifs is 14. The maximum absolute atomic E-state index is 6.38. The third-order valence-electron chi connectivity index (χ3n) is 11.4. The fourth-order valence-electron chi connectivity index (χ4n) is 8.92. The summed E-state index contributed by atoms with van der Waals surface area (Å²) in [7, 11) is 0. The molecule has 57 heavy (non-hydrogen) atoms. The van der Waals surface area contributed by atoms with Gasteiger partial charge < -0.3 is 13.4 Å². The number of hydrogen-bond donors (Lipinski definition) is 0. The van der Waals surface area contributed by atoms with Crippen molar-refractivity contribution in [3.63, 3.8) is 0 Å². The summed E-state index contributed by atoms with van der Waals surface area (Å²) in [4.78, 5) is 4.99. The van der Waals surface area contributed by atoms with Crippen LogP contribution in [0, 0.1) is 13.8 Å². The van der Waals surface area contributed by atoms with Crippen LogP contribution in [0.5, 0.6) is 0 Å². The first-order chi connectivity index (χ1) is 28.1. The van der Waals surface area contributed by atoms with Gasteiger partial charge in [-0.15, -0.1) is 0 Å². The van der Waals surface area contributed by atoms with Crippen LogP contribution in [0.4, 0.5) is 0 Å². The molecule has 13 rings (SSSR count). The molecule has 0 amide bonds. The van der Waals surface area contributed by atoms with Gasteiger partial charge in [0.25, 0.3) is 0 Å². The first-order valence-electron chi connectivity index (χ1n) is 19.3. The van der Waals surface area contributed by atoms with Crippen LogP contribution in [0.25, 0.3) is 105 Å². The monoisotopic (exact) mass is 734 g/mol. The molecular formula is C51H34N4O2. The van der Waals surface area contributed by atoms with E-state index in [1.54, 1.807) is 0 Å². The summed E-state index contributed by atoms with van der Waals surface area (Å²) in [6.45, 7) is 4.23. The van der Waals surface area contributed by atoms with Gasteiger partial charge >= 0.3 is 0 Å². The Morgan fingerprint density at radius 1 is 0.386 bits per heavy atom. The van der Waals surface area contributed by atoms with Crippen molar-refractivity contribution in [2.45, 2.75) is 13.8 Å². The van der Waals surface area contributed by atoms with E-state index in [1.165, 1.54) is 38.3 Å². The lowest BCUT2D eigenvalue weighted by Crippen LogP contribution is -1.95. The van der Waals surface area contributed by atoms with Crippen molar-refractivity contribution in [3.8, 4) is 11.4 Å². The number of furan rings is 2. The van der Waals surface area contributed by atoms with Crippen molar-refractivity contribution in [1.82, 2.24) is 18.5 Å². The van der Waals surface area contributed by atoms with Crippen LogP contribution in [0.3, 0.4) is 0 Å². The maximum Gasteiger partial charge on any atom is 0.220 e. The Morgan fingerprint density at radius 2 is 0.860 bits per heavy atom. The fourth-order valence-corrected chi connectivity index (χ4v) is 8.92. The molecular weight excluding hydrogens is 701 g/mol. The molecule has 0 aliphatic carbocycles. The summed E-state index contributed by atoms with van der Waals surface area (Å²) in [5.74, 6) is 0.890. The molecule has 13 aromatic rings. The van der Waals surface area contributed by atoms with Gasteiger partial charge in [-0.3, -0.25) is 8.97 Å². The van der Waals surface area contributed by atoms with Gasteiger partial charge in [-0.1, -0.05) is 108 Å². The van der Waals surface area contributed by atoms with Crippen molar-refractivity contribution in [3.05, 3.63) is 181 Å². The number of para-hydroxylation sites is 8. The van der Waals surface area contributed by atoms with Gasteiger partial charge in [-0.2, -0.15) is 0 Å². The second-order valence-electron chi connectivity index (χ2n) is 14.9. The molecule has 6 nitrogen and oxygen atoms in total. The predicted molar refractivity (Wildman–Crippen MR) is 234 cm³/mol. The van der Waals surface area contributed by atoms with Crippen LogP contribution in [-0.2, 0) is 0 Å². The number of imidazole rings is 2. The zero-order chi connectivity index (χ0) is 37.8. The third kappa shape index (κ3) is 4.61. The quantitative estimate of drug-likeness (QED) is 0.178. The Bertz CT molecular complexity index is 3690. The van der Waals surface area contributed by atoms with Crippen LogP contribution in [0.1, 0.15) is 11.1 Å². The number of hydrogen-bond acceptors (Lipinski definition) is 3.